The molecule has 0 unspecified atom stereocenters. The van der Waals surface area contributed by atoms with Gasteiger partial charge in [0.25, 0.3) is 5.91 Å². The summed E-state index contributed by atoms with van der Waals surface area (Å²) in [5.41, 5.74) is 0. The number of carbonyl (C=O) groups is 2. The Hall–Kier alpha value is -2.08. The third-order valence-electron chi connectivity index (χ3n) is 4.60. The number of hydrogen-bond acceptors (Lipinski definition) is 4. The lowest BCUT2D eigenvalue weighted by Gasteiger charge is -2.30. The van der Waals surface area contributed by atoms with Gasteiger partial charge < -0.3 is 14.4 Å². The van der Waals surface area contributed by atoms with Crippen molar-refractivity contribution in [1.29, 1.82) is 0 Å². The van der Waals surface area contributed by atoms with Gasteiger partial charge >= 0.3 is 5.97 Å². The molecule has 0 radical (unpaired) electrons. The van der Waals surface area contributed by atoms with E-state index >= 15 is 0 Å². The molecule has 5 nitrogen and oxygen atoms in total. The van der Waals surface area contributed by atoms with Crippen molar-refractivity contribution in [2.24, 2.45) is 5.92 Å². The third kappa shape index (κ3) is 4.55. The quantitative estimate of drug-likeness (QED) is 0.691. The van der Waals surface area contributed by atoms with E-state index < -0.39 is 0 Å². The summed E-state index contributed by atoms with van der Waals surface area (Å²) in [4.78, 5) is 25.9. The number of piperidine rings is 1. The molecule has 1 heterocycles. The number of carbonyl (C=O) groups excluding carboxylic acids is 2. The van der Waals surface area contributed by atoms with Crippen LogP contribution in [0.2, 0.25) is 0 Å². The Bertz CT molecular complexity index is 799. The van der Waals surface area contributed by atoms with Gasteiger partial charge in [0.15, 0.2) is 6.61 Å². The standard InChI is InChI=1S/C20H22BrNO4/c1-2-25-20(24)14-7-9-22(10-8-14)19(23)13-26-18-6-4-15-11-17(21)5-3-16(15)12-18/h3-6,11-12,14H,2,7-10,13H2,1H3. The Morgan fingerprint density at radius 3 is 2.54 bits per heavy atom. The number of likely N-dealkylation sites (tertiary alicyclic amines) is 1. The van der Waals surface area contributed by atoms with Crippen molar-refractivity contribution in [2.45, 2.75) is 19.8 Å². The van der Waals surface area contributed by atoms with Gasteiger partial charge in [-0.1, -0.05) is 28.1 Å². The lowest BCUT2D eigenvalue weighted by molar-refractivity contribution is -0.151. The van der Waals surface area contributed by atoms with Crippen LogP contribution in [-0.2, 0) is 14.3 Å². The van der Waals surface area contributed by atoms with E-state index in [1.165, 1.54) is 0 Å². The maximum absolute atomic E-state index is 12.4. The van der Waals surface area contributed by atoms with Gasteiger partial charge in [-0.3, -0.25) is 9.59 Å². The molecule has 2 aromatic rings. The van der Waals surface area contributed by atoms with Gasteiger partial charge in [0.2, 0.25) is 0 Å². The second kappa shape index (κ2) is 8.54. The number of esters is 1. The van der Waals surface area contributed by atoms with E-state index in [2.05, 4.69) is 15.9 Å². The topological polar surface area (TPSA) is 55.8 Å². The van der Waals surface area contributed by atoms with Crippen LogP contribution >= 0.6 is 15.9 Å². The summed E-state index contributed by atoms with van der Waals surface area (Å²) in [7, 11) is 0. The fourth-order valence-corrected chi connectivity index (χ4v) is 3.52. The molecule has 1 aliphatic rings. The highest BCUT2D eigenvalue weighted by Gasteiger charge is 2.28. The van der Waals surface area contributed by atoms with Gasteiger partial charge in [-0.15, -0.1) is 0 Å². The Kier molecular flexibility index (Phi) is 6.14. The molecule has 6 heteroatoms. The van der Waals surface area contributed by atoms with Crippen molar-refractivity contribution >= 4 is 38.6 Å². The molecule has 138 valence electrons. The van der Waals surface area contributed by atoms with Crippen LogP contribution in [0.25, 0.3) is 10.8 Å². The normalized spacial score (nSPS) is 15.1. The van der Waals surface area contributed by atoms with E-state index in [1.807, 2.05) is 36.4 Å². The number of hydrogen-bond donors (Lipinski definition) is 0. The van der Waals surface area contributed by atoms with E-state index in [-0.39, 0.29) is 24.4 Å². The van der Waals surface area contributed by atoms with Crippen LogP contribution in [0.3, 0.4) is 0 Å². The zero-order valence-electron chi connectivity index (χ0n) is 14.7. The van der Waals surface area contributed by atoms with Crippen molar-refractivity contribution in [1.82, 2.24) is 4.90 Å². The second-order valence-corrected chi connectivity index (χ2v) is 7.26. The zero-order chi connectivity index (χ0) is 18.5. The predicted molar refractivity (Wildman–Crippen MR) is 103 cm³/mol. The lowest BCUT2D eigenvalue weighted by atomic mass is 9.97. The largest absolute Gasteiger partial charge is 0.484 e. The predicted octanol–water partition coefficient (Wildman–Crippen LogP) is 3.78. The van der Waals surface area contributed by atoms with Crippen LogP contribution in [-0.4, -0.2) is 43.1 Å². The molecule has 1 saturated heterocycles. The van der Waals surface area contributed by atoms with Crippen molar-refractivity contribution < 1.29 is 19.1 Å². The fraction of sp³-hybridized carbons (Fsp3) is 0.400. The second-order valence-electron chi connectivity index (χ2n) is 6.35. The third-order valence-corrected chi connectivity index (χ3v) is 5.10. The maximum Gasteiger partial charge on any atom is 0.309 e. The van der Waals surface area contributed by atoms with Gasteiger partial charge in [0, 0.05) is 17.6 Å². The van der Waals surface area contributed by atoms with E-state index in [0.29, 0.717) is 38.3 Å². The molecule has 1 amide bonds. The number of ether oxygens (including phenoxy) is 2. The molecule has 0 aliphatic carbocycles. The van der Waals surface area contributed by atoms with Crippen LogP contribution < -0.4 is 4.74 Å². The maximum atomic E-state index is 12.4. The summed E-state index contributed by atoms with van der Waals surface area (Å²) >= 11 is 3.46. The first-order valence-corrected chi connectivity index (χ1v) is 9.62. The SMILES string of the molecule is CCOC(=O)C1CCN(C(=O)COc2ccc3cc(Br)ccc3c2)CC1. The summed E-state index contributed by atoms with van der Waals surface area (Å²) in [6, 6.07) is 11.8. The number of fused-ring (bicyclic) bond motifs is 1. The van der Waals surface area contributed by atoms with Gasteiger partial charge in [0.1, 0.15) is 5.75 Å². The van der Waals surface area contributed by atoms with Crippen LogP contribution in [0.1, 0.15) is 19.8 Å². The minimum Gasteiger partial charge on any atom is -0.484 e. The summed E-state index contributed by atoms with van der Waals surface area (Å²) in [5, 5.41) is 2.17. The van der Waals surface area contributed by atoms with Crippen LogP contribution in [0, 0.1) is 5.92 Å². The van der Waals surface area contributed by atoms with Crippen LogP contribution in [0.15, 0.2) is 40.9 Å². The molecule has 3 rings (SSSR count). The Morgan fingerprint density at radius 2 is 1.81 bits per heavy atom. The average molecular weight is 420 g/mol. The van der Waals surface area contributed by atoms with Gasteiger partial charge in [-0.25, -0.2) is 0 Å². The molecule has 1 aliphatic heterocycles. The zero-order valence-corrected chi connectivity index (χ0v) is 16.3. The highest BCUT2D eigenvalue weighted by atomic mass is 79.9. The Labute approximate surface area is 161 Å². The van der Waals surface area contributed by atoms with E-state index in [0.717, 1.165) is 15.2 Å². The smallest absolute Gasteiger partial charge is 0.309 e. The average Bonchev–Trinajstić information content (AvgIpc) is 2.66. The highest BCUT2D eigenvalue weighted by molar-refractivity contribution is 9.10. The summed E-state index contributed by atoms with van der Waals surface area (Å²) < 4.78 is 11.8. The number of amides is 1. The molecule has 26 heavy (non-hydrogen) atoms. The monoisotopic (exact) mass is 419 g/mol. The van der Waals surface area contributed by atoms with Crippen molar-refractivity contribution in [3.05, 3.63) is 40.9 Å². The summed E-state index contributed by atoms with van der Waals surface area (Å²) in [6.07, 6.45) is 1.30. The molecule has 0 N–H and O–H groups in total. The highest BCUT2D eigenvalue weighted by Crippen LogP contribution is 2.24. The molecule has 0 saturated carbocycles. The lowest BCUT2D eigenvalue weighted by Crippen LogP contribution is -2.42. The fourth-order valence-electron chi connectivity index (χ4n) is 3.15. The van der Waals surface area contributed by atoms with E-state index in [4.69, 9.17) is 9.47 Å². The van der Waals surface area contributed by atoms with Gasteiger partial charge in [-0.2, -0.15) is 0 Å². The Morgan fingerprint density at radius 1 is 1.12 bits per heavy atom. The number of nitrogens with zero attached hydrogens (tertiary/aromatic N) is 1. The summed E-state index contributed by atoms with van der Waals surface area (Å²) in [6.45, 7) is 3.34. The molecule has 2 aromatic carbocycles. The molecular formula is C20H22BrNO4. The van der Waals surface area contributed by atoms with Gasteiger partial charge in [-0.05, 0) is 54.8 Å². The first-order valence-electron chi connectivity index (χ1n) is 8.83. The molecule has 0 spiro atoms. The van der Waals surface area contributed by atoms with Crippen molar-refractivity contribution in [2.75, 3.05) is 26.3 Å². The molecule has 1 fully saturated rings. The van der Waals surface area contributed by atoms with Crippen molar-refractivity contribution in [3.8, 4) is 5.75 Å². The van der Waals surface area contributed by atoms with Crippen molar-refractivity contribution in [3.63, 3.8) is 0 Å². The molecule has 0 bridgehead atoms. The number of benzene rings is 2. The minimum atomic E-state index is -0.154. The summed E-state index contributed by atoms with van der Waals surface area (Å²) in [5.74, 6) is 0.371. The molecular weight excluding hydrogens is 398 g/mol. The van der Waals surface area contributed by atoms with Crippen LogP contribution in [0.4, 0.5) is 0 Å². The number of halogens is 1. The molecule has 0 atom stereocenters. The van der Waals surface area contributed by atoms with E-state index in [1.54, 1.807) is 11.8 Å². The first-order chi connectivity index (χ1) is 12.6. The number of rotatable bonds is 5. The van der Waals surface area contributed by atoms with Crippen LogP contribution in [0.5, 0.6) is 5.75 Å². The van der Waals surface area contributed by atoms with E-state index in [9.17, 15) is 9.59 Å². The minimum absolute atomic E-state index is 0.00606. The Balaban J connectivity index is 1.51. The van der Waals surface area contributed by atoms with Gasteiger partial charge in [0.05, 0.1) is 12.5 Å². The molecule has 0 aromatic heterocycles. The first kappa shape index (κ1) is 18.7.